The minimum atomic E-state index is 1.04. The zero-order chi connectivity index (χ0) is 34.9. The van der Waals surface area contributed by atoms with E-state index in [4.69, 9.17) is 0 Å². The lowest BCUT2D eigenvalue weighted by Gasteiger charge is -2.26. The van der Waals surface area contributed by atoms with E-state index in [2.05, 4.69) is 194 Å². The molecule has 7 aromatic carbocycles. The predicted octanol–water partition coefficient (Wildman–Crippen LogP) is 13.8. The quantitative estimate of drug-likeness (QED) is 0.114. The van der Waals surface area contributed by atoms with Crippen LogP contribution in [0.4, 0.5) is 28.4 Å². The first kappa shape index (κ1) is 33.5. The molecule has 7 aromatic rings. The van der Waals surface area contributed by atoms with Crippen molar-refractivity contribution in [3.8, 4) is 11.1 Å². The summed E-state index contributed by atoms with van der Waals surface area (Å²) in [5, 5.41) is 4.92. The van der Waals surface area contributed by atoms with Crippen molar-refractivity contribution >= 4 is 55.6 Å². The normalized spacial score (nSPS) is 11.0. The van der Waals surface area contributed by atoms with Gasteiger partial charge in [-0.05, 0) is 99.9 Å². The molecule has 0 atom stereocenters. The highest BCUT2D eigenvalue weighted by Gasteiger charge is 2.14. The molecular weight excluding hydrogens is 605 g/mol. The minimum Gasteiger partial charge on any atom is -0.344 e. The maximum Gasteiger partial charge on any atom is 0.0487 e. The maximum atomic E-state index is 3.98. The van der Waals surface area contributed by atoms with Gasteiger partial charge in [0.15, 0.2) is 0 Å². The minimum absolute atomic E-state index is 1.04. The van der Waals surface area contributed by atoms with Gasteiger partial charge >= 0.3 is 0 Å². The Kier molecular flexibility index (Phi) is 10.5. The topological polar surface area (TPSA) is 6.48 Å². The Morgan fingerprint density at radius 1 is 0.520 bits per heavy atom. The largest absolute Gasteiger partial charge is 0.344 e. The van der Waals surface area contributed by atoms with Crippen molar-refractivity contribution in [1.82, 2.24) is 0 Å². The Bertz CT molecular complexity index is 2270. The molecule has 0 unspecified atom stereocenters. The summed E-state index contributed by atoms with van der Waals surface area (Å²) < 4.78 is 0. The molecule has 0 aliphatic heterocycles. The van der Waals surface area contributed by atoms with Crippen molar-refractivity contribution in [3.63, 3.8) is 0 Å². The van der Waals surface area contributed by atoms with E-state index in [0.717, 1.165) is 33.9 Å². The third-order valence-electron chi connectivity index (χ3n) is 8.81. The van der Waals surface area contributed by atoms with Gasteiger partial charge in [-0.2, -0.15) is 0 Å². The van der Waals surface area contributed by atoms with Gasteiger partial charge in [0.25, 0.3) is 0 Å². The first-order chi connectivity index (χ1) is 24.5. The fourth-order valence-corrected chi connectivity index (χ4v) is 6.30. The fraction of sp³-hybridized carbons (Fsp3) is 0.0417. The molecule has 7 rings (SSSR count). The molecule has 0 heterocycles. The van der Waals surface area contributed by atoms with E-state index in [1.165, 1.54) is 38.4 Å². The maximum absolute atomic E-state index is 3.98. The first-order valence-corrected chi connectivity index (χ1v) is 16.9. The van der Waals surface area contributed by atoms with Crippen molar-refractivity contribution < 1.29 is 0 Å². The summed E-state index contributed by atoms with van der Waals surface area (Å²) in [6.45, 7) is 13.1. The van der Waals surface area contributed by atoms with Crippen LogP contribution in [-0.4, -0.2) is 7.05 Å². The molecule has 0 N–H and O–H groups in total. The number of benzene rings is 7. The monoisotopic (exact) mass is 646 g/mol. The molecule has 0 amide bonds. The molecule has 0 bridgehead atoms. The van der Waals surface area contributed by atoms with Gasteiger partial charge in [0, 0.05) is 40.9 Å². The second kappa shape index (κ2) is 15.7. The molecule has 0 saturated heterocycles. The van der Waals surface area contributed by atoms with Crippen LogP contribution >= 0.6 is 0 Å². The summed E-state index contributed by atoms with van der Waals surface area (Å²) in [6.07, 6.45) is 7.39. The van der Waals surface area contributed by atoms with Crippen LogP contribution in [0.15, 0.2) is 202 Å². The average Bonchev–Trinajstić information content (AvgIpc) is 3.17. The average molecular weight is 647 g/mol. The summed E-state index contributed by atoms with van der Waals surface area (Å²) in [5.41, 5.74) is 10.1. The fourth-order valence-electron chi connectivity index (χ4n) is 6.30. The molecule has 0 aromatic heterocycles. The van der Waals surface area contributed by atoms with Crippen LogP contribution in [0.25, 0.3) is 38.2 Å². The summed E-state index contributed by atoms with van der Waals surface area (Å²) in [7, 11) is 2.13. The Balaban J connectivity index is 0.00000139. The second-order valence-corrected chi connectivity index (χ2v) is 12.0. The SMILES string of the molecule is C=C/C=C(\C=C)c1ccc(N(c2ccc(-c3ccc(N(C)c4cccc5ccccc45)cc3)cc2)c2ccc3ccccc3c2)cc1.C=CC. The number of hydrogen-bond acceptors (Lipinski definition) is 2. The smallest absolute Gasteiger partial charge is 0.0487 e. The highest BCUT2D eigenvalue weighted by molar-refractivity contribution is 5.96. The molecule has 0 aliphatic carbocycles. The van der Waals surface area contributed by atoms with Crippen LogP contribution in [0.1, 0.15) is 12.5 Å². The van der Waals surface area contributed by atoms with Crippen molar-refractivity contribution in [2.75, 3.05) is 16.8 Å². The van der Waals surface area contributed by atoms with Crippen LogP contribution in [0, 0.1) is 0 Å². The lowest BCUT2D eigenvalue weighted by molar-refractivity contribution is 1.22. The third kappa shape index (κ3) is 7.21. The molecule has 0 fully saturated rings. The van der Waals surface area contributed by atoms with Gasteiger partial charge in [-0.15, -0.1) is 6.58 Å². The van der Waals surface area contributed by atoms with Gasteiger partial charge in [-0.1, -0.05) is 141 Å². The van der Waals surface area contributed by atoms with Crippen LogP contribution in [0.2, 0.25) is 0 Å². The van der Waals surface area contributed by atoms with Gasteiger partial charge in [0.2, 0.25) is 0 Å². The number of rotatable bonds is 9. The Morgan fingerprint density at radius 2 is 1.04 bits per heavy atom. The van der Waals surface area contributed by atoms with E-state index in [1.54, 1.807) is 12.2 Å². The number of hydrogen-bond donors (Lipinski definition) is 0. The van der Waals surface area contributed by atoms with Crippen LogP contribution in [-0.2, 0) is 0 Å². The standard InChI is InChI=1S/C45H36N2.C3H6/c1-4-11-33(5-2)35-20-27-41(28-21-35)47(43-31-24-34-12-6-7-14-39(34)32-43)42-29-22-37(23-30-42)36-18-25-40(26-19-36)46(3)45-17-10-15-38-13-8-9-16-44(38)45;1-3-2/h4-32H,1-2H2,3H3;3H,1H2,2H3/b33-11+;. The summed E-state index contributed by atoms with van der Waals surface area (Å²) in [4.78, 5) is 4.57. The predicted molar refractivity (Wildman–Crippen MR) is 220 cm³/mol. The summed E-state index contributed by atoms with van der Waals surface area (Å²) in [5.74, 6) is 0. The van der Waals surface area contributed by atoms with E-state index in [1.807, 2.05) is 19.1 Å². The van der Waals surface area contributed by atoms with Crippen molar-refractivity contribution in [1.29, 1.82) is 0 Å². The molecule has 0 spiro atoms. The Labute approximate surface area is 296 Å². The Hall–Kier alpha value is -6.38. The van der Waals surface area contributed by atoms with Gasteiger partial charge in [0.05, 0.1) is 0 Å². The van der Waals surface area contributed by atoms with Gasteiger partial charge in [-0.25, -0.2) is 0 Å². The van der Waals surface area contributed by atoms with E-state index >= 15 is 0 Å². The van der Waals surface area contributed by atoms with Gasteiger partial charge in [-0.3, -0.25) is 0 Å². The molecule has 0 saturated carbocycles. The molecule has 0 aliphatic rings. The van der Waals surface area contributed by atoms with E-state index < -0.39 is 0 Å². The van der Waals surface area contributed by atoms with Gasteiger partial charge < -0.3 is 9.80 Å². The molecule has 0 radical (unpaired) electrons. The van der Waals surface area contributed by atoms with Crippen molar-refractivity contribution in [2.24, 2.45) is 0 Å². The Morgan fingerprint density at radius 3 is 1.66 bits per heavy atom. The highest BCUT2D eigenvalue weighted by atomic mass is 15.1. The number of nitrogens with zero attached hydrogens (tertiary/aromatic N) is 2. The lowest BCUT2D eigenvalue weighted by atomic mass is 10.0. The van der Waals surface area contributed by atoms with Crippen LogP contribution in [0.5, 0.6) is 0 Å². The third-order valence-corrected chi connectivity index (χ3v) is 8.81. The number of anilines is 5. The highest BCUT2D eigenvalue weighted by Crippen LogP contribution is 2.38. The van der Waals surface area contributed by atoms with Crippen LogP contribution < -0.4 is 9.80 Å². The zero-order valence-electron chi connectivity index (χ0n) is 28.8. The second-order valence-electron chi connectivity index (χ2n) is 12.0. The van der Waals surface area contributed by atoms with Crippen LogP contribution in [0.3, 0.4) is 0 Å². The number of allylic oxidation sites excluding steroid dienone is 5. The molecule has 2 nitrogen and oxygen atoms in total. The number of fused-ring (bicyclic) bond motifs is 2. The molecular formula is C48H42N2. The van der Waals surface area contributed by atoms with E-state index in [-0.39, 0.29) is 0 Å². The van der Waals surface area contributed by atoms with Crippen molar-refractivity contribution in [3.05, 3.63) is 207 Å². The summed E-state index contributed by atoms with van der Waals surface area (Å²) >= 11 is 0. The molecule has 2 heteroatoms. The van der Waals surface area contributed by atoms with E-state index in [0.29, 0.717) is 0 Å². The zero-order valence-corrected chi connectivity index (χ0v) is 28.8. The molecule has 244 valence electrons. The van der Waals surface area contributed by atoms with E-state index in [9.17, 15) is 0 Å². The van der Waals surface area contributed by atoms with Crippen molar-refractivity contribution in [2.45, 2.75) is 6.92 Å². The summed E-state index contributed by atoms with van der Waals surface area (Å²) in [6, 6.07) is 56.4. The molecule has 50 heavy (non-hydrogen) atoms. The van der Waals surface area contributed by atoms with Gasteiger partial charge in [0.1, 0.15) is 0 Å². The lowest BCUT2D eigenvalue weighted by Crippen LogP contribution is -2.10. The first-order valence-electron chi connectivity index (χ1n) is 16.9.